The SMILES string of the molecule is CC(=O)N1CCC(N(C)c2nc(-c3ccnc(Nc4c(F)cccc4F)c3)nc3cncc(C4CC4)c23)CC1. The minimum absolute atomic E-state index is 0.102. The Morgan fingerprint density at radius 1 is 1.05 bits per heavy atom. The Morgan fingerprint density at radius 2 is 1.79 bits per heavy atom. The van der Waals surface area contributed by atoms with E-state index in [4.69, 9.17) is 9.97 Å². The molecule has 0 spiro atoms. The highest BCUT2D eigenvalue weighted by Gasteiger charge is 2.31. The lowest BCUT2D eigenvalue weighted by Crippen LogP contribution is -2.45. The van der Waals surface area contributed by atoms with Gasteiger partial charge in [0, 0.05) is 56.4 Å². The number of hydrogen-bond acceptors (Lipinski definition) is 7. The van der Waals surface area contributed by atoms with E-state index in [0.717, 1.165) is 48.0 Å². The number of aromatic nitrogens is 4. The van der Waals surface area contributed by atoms with Crippen LogP contribution in [0, 0.1) is 11.6 Å². The molecule has 1 aliphatic heterocycles. The molecule has 1 saturated carbocycles. The van der Waals surface area contributed by atoms with Gasteiger partial charge in [-0.25, -0.2) is 23.7 Å². The zero-order chi connectivity index (χ0) is 27.1. The first-order valence-corrected chi connectivity index (χ1v) is 13.2. The van der Waals surface area contributed by atoms with Crippen molar-refractivity contribution in [1.82, 2.24) is 24.8 Å². The number of fused-ring (bicyclic) bond motifs is 1. The van der Waals surface area contributed by atoms with Gasteiger partial charge in [-0.2, -0.15) is 0 Å². The van der Waals surface area contributed by atoms with Crippen LogP contribution in [0.3, 0.4) is 0 Å². The van der Waals surface area contributed by atoms with Crippen LogP contribution in [0.5, 0.6) is 0 Å². The van der Waals surface area contributed by atoms with Gasteiger partial charge in [-0.1, -0.05) is 6.07 Å². The summed E-state index contributed by atoms with van der Waals surface area (Å²) in [6, 6.07) is 7.36. The molecule has 6 rings (SSSR count). The topological polar surface area (TPSA) is 87.1 Å². The quantitative estimate of drug-likeness (QED) is 0.356. The van der Waals surface area contributed by atoms with Crippen LogP contribution in [-0.2, 0) is 4.79 Å². The lowest BCUT2D eigenvalue weighted by Gasteiger charge is -2.37. The van der Waals surface area contributed by atoms with Crippen molar-refractivity contribution in [3.63, 3.8) is 0 Å². The number of nitrogens with one attached hydrogen (secondary N) is 1. The molecule has 1 aromatic carbocycles. The van der Waals surface area contributed by atoms with E-state index in [-0.39, 0.29) is 23.5 Å². The van der Waals surface area contributed by atoms with Gasteiger partial charge in [-0.15, -0.1) is 0 Å². The van der Waals surface area contributed by atoms with Gasteiger partial charge >= 0.3 is 0 Å². The van der Waals surface area contributed by atoms with Crippen LogP contribution >= 0.6 is 0 Å². The van der Waals surface area contributed by atoms with E-state index < -0.39 is 11.6 Å². The molecule has 2 fully saturated rings. The molecule has 10 heteroatoms. The number of carbonyl (C=O) groups excluding carboxylic acids is 1. The van der Waals surface area contributed by atoms with Crippen molar-refractivity contribution >= 4 is 34.1 Å². The van der Waals surface area contributed by atoms with Crippen LogP contribution in [0.1, 0.15) is 44.1 Å². The number of amides is 1. The molecule has 1 N–H and O–H groups in total. The second-order valence-corrected chi connectivity index (χ2v) is 10.3. The highest BCUT2D eigenvalue weighted by molar-refractivity contribution is 5.94. The first kappa shape index (κ1) is 25.1. The number of carbonyl (C=O) groups is 1. The Hall–Kier alpha value is -4.21. The van der Waals surface area contributed by atoms with Crippen LogP contribution in [0.15, 0.2) is 48.9 Å². The van der Waals surface area contributed by atoms with E-state index in [1.165, 1.54) is 18.2 Å². The second kappa shape index (κ2) is 10.2. The highest BCUT2D eigenvalue weighted by Crippen LogP contribution is 2.45. The Morgan fingerprint density at radius 3 is 2.49 bits per heavy atom. The summed E-state index contributed by atoms with van der Waals surface area (Å²) in [4.78, 5) is 34.6. The molecule has 4 aromatic rings. The molecule has 0 radical (unpaired) electrons. The standard InChI is InChI=1S/C29H29F2N7O/c1-17(39)38-12-9-20(10-13-38)37(2)29-26-21(18-6-7-18)15-32-16-24(26)34-28(36-29)19-8-11-33-25(14-19)35-27-22(30)4-3-5-23(27)31/h3-5,8,11,14-16,18,20H,6-7,9-10,12-13H2,1-2H3,(H,33,35). The molecule has 3 aromatic heterocycles. The second-order valence-electron chi connectivity index (χ2n) is 10.3. The third-order valence-electron chi connectivity index (χ3n) is 7.66. The average molecular weight is 530 g/mol. The Balaban J connectivity index is 1.40. The fourth-order valence-corrected chi connectivity index (χ4v) is 5.30. The first-order chi connectivity index (χ1) is 18.9. The molecule has 1 saturated heterocycles. The van der Waals surface area contributed by atoms with Gasteiger partial charge in [0.1, 0.15) is 29.0 Å². The largest absolute Gasteiger partial charge is 0.356 e. The summed E-state index contributed by atoms with van der Waals surface area (Å²) in [5, 5.41) is 3.76. The minimum atomic E-state index is -0.706. The summed E-state index contributed by atoms with van der Waals surface area (Å²) in [6.07, 6.45) is 9.18. The third kappa shape index (κ3) is 4.98. The lowest BCUT2D eigenvalue weighted by atomic mass is 10.0. The van der Waals surface area contributed by atoms with Gasteiger partial charge in [0.2, 0.25) is 5.91 Å². The molecule has 4 heterocycles. The van der Waals surface area contributed by atoms with Crippen LogP contribution in [0.25, 0.3) is 22.3 Å². The fraction of sp³-hybridized carbons (Fsp3) is 0.345. The maximum absolute atomic E-state index is 14.2. The molecule has 0 bridgehead atoms. The highest BCUT2D eigenvalue weighted by atomic mass is 19.1. The summed E-state index contributed by atoms with van der Waals surface area (Å²) in [6.45, 7) is 3.04. The number of likely N-dealkylation sites (tertiary alicyclic amines) is 1. The smallest absolute Gasteiger partial charge is 0.219 e. The van der Waals surface area contributed by atoms with E-state index in [2.05, 4.69) is 27.2 Å². The van der Waals surface area contributed by atoms with Crippen molar-refractivity contribution in [2.75, 3.05) is 30.4 Å². The molecule has 0 atom stereocenters. The minimum Gasteiger partial charge on any atom is -0.356 e. The normalized spacial score (nSPS) is 15.9. The summed E-state index contributed by atoms with van der Waals surface area (Å²) >= 11 is 0. The van der Waals surface area contributed by atoms with Crippen molar-refractivity contribution in [3.05, 3.63) is 66.1 Å². The van der Waals surface area contributed by atoms with Crippen molar-refractivity contribution in [2.45, 2.75) is 44.6 Å². The molecular formula is C29H29F2N7O. The van der Waals surface area contributed by atoms with Gasteiger partial charge in [-0.05, 0) is 61.4 Å². The van der Waals surface area contributed by atoms with Gasteiger partial charge in [0.15, 0.2) is 5.82 Å². The van der Waals surface area contributed by atoms with E-state index in [0.29, 0.717) is 30.4 Å². The average Bonchev–Trinajstić information content (AvgIpc) is 3.80. The molecule has 0 unspecified atom stereocenters. The first-order valence-electron chi connectivity index (χ1n) is 13.2. The van der Waals surface area contributed by atoms with E-state index in [1.54, 1.807) is 31.5 Å². The maximum atomic E-state index is 14.2. The number of benzene rings is 1. The molecule has 8 nitrogen and oxygen atoms in total. The Bertz CT molecular complexity index is 1530. The van der Waals surface area contributed by atoms with Gasteiger partial charge < -0.3 is 15.1 Å². The fourth-order valence-electron chi connectivity index (χ4n) is 5.30. The summed E-state index contributed by atoms with van der Waals surface area (Å²) in [5.41, 5.74) is 2.30. The molecular weight excluding hydrogens is 500 g/mol. The number of nitrogens with zero attached hydrogens (tertiary/aromatic N) is 6. The van der Waals surface area contributed by atoms with Crippen LogP contribution in [0.4, 0.5) is 26.1 Å². The predicted octanol–water partition coefficient (Wildman–Crippen LogP) is 5.43. The third-order valence-corrected chi connectivity index (χ3v) is 7.66. The number of halogens is 2. The summed E-state index contributed by atoms with van der Waals surface area (Å²) < 4.78 is 28.5. The zero-order valence-corrected chi connectivity index (χ0v) is 21.9. The lowest BCUT2D eigenvalue weighted by molar-refractivity contribution is -0.129. The Labute approximate surface area is 225 Å². The zero-order valence-electron chi connectivity index (χ0n) is 21.9. The number of rotatable bonds is 6. The monoisotopic (exact) mass is 529 g/mol. The van der Waals surface area contributed by atoms with Crippen molar-refractivity contribution in [3.8, 4) is 11.4 Å². The Kier molecular flexibility index (Phi) is 6.54. The van der Waals surface area contributed by atoms with Crippen LogP contribution in [-0.4, -0.2) is 56.9 Å². The van der Waals surface area contributed by atoms with Gasteiger partial charge in [0.25, 0.3) is 0 Å². The van der Waals surface area contributed by atoms with Crippen molar-refractivity contribution in [1.29, 1.82) is 0 Å². The molecule has 1 amide bonds. The molecule has 2 aliphatic rings. The van der Waals surface area contributed by atoms with Gasteiger partial charge in [-0.3, -0.25) is 9.78 Å². The van der Waals surface area contributed by atoms with Gasteiger partial charge in [0.05, 0.1) is 11.7 Å². The van der Waals surface area contributed by atoms with Crippen LogP contribution < -0.4 is 10.2 Å². The van der Waals surface area contributed by atoms with Crippen LogP contribution in [0.2, 0.25) is 0 Å². The molecule has 39 heavy (non-hydrogen) atoms. The number of anilines is 3. The van der Waals surface area contributed by atoms with E-state index in [1.807, 2.05) is 11.1 Å². The maximum Gasteiger partial charge on any atom is 0.219 e. The molecule has 200 valence electrons. The van der Waals surface area contributed by atoms with Crippen molar-refractivity contribution < 1.29 is 13.6 Å². The number of piperidine rings is 1. The number of para-hydroxylation sites is 1. The van der Waals surface area contributed by atoms with E-state index in [9.17, 15) is 13.6 Å². The number of pyridine rings is 2. The summed E-state index contributed by atoms with van der Waals surface area (Å²) in [5.74, 6) is 0.716. The number of hydrogen-bond donors (Lipinski definition) is 1. The van der Waals surface area contributed by atoms with Crippen molar-refractivity contribution in [2.24, 2.45) is 0 Å². The van der Waals surface area contributed by atoms with E-state index >= 15 is 0 Å². The predicted molar refractivity (Wildman–Crippen MR) is 146 cm³/mol. The molecule has 1 aliphatic carbocycles. The summed E-state index contributed by atoms with van der Waals surface area (Å²) in [7, 11) is 2.05.